The second kappa shape index (κ2) is 5.42. The van der Waals surface area contributed by atoms with Crippen molar-refractivity contribution in [2.24, 2.45) is 7.05 Å². The van der Waals surface area contributed by atoms with Crippen LogP contribution >= 0.6 is 0 Å². The Balaban J connectivity index is 2.27. The number of hydrogen-bond donors (Lipinski definition) is 1. The third-order valence-corrected chi connectivity index (χ3v) is 4.94. The Labute approximate surface area is 120 Å². The minimum atomic E-state index is -3.49. The summed E-state index contributed by atoms with van der Waals surface area (Å²) in [5.74, 6) is 0. The predicted molar refractivity (Wildman–Crippen MR) is 80.1 cm³/mol. The van der Waals surface area contributed by atoms with Crippen LogP contribution in [0.25, 0.3) is 0 Å². The van der Waals surface area contributed by atoms with Crippen LogP contribution in [0.2, 0.25) is 0 Å². The summed E-state index contributed by atoms with van der Waals surface area (Å²) in [6.45, 7) is 5.93. The van der Waals surface area contributed by atoms with Crippen LogP contribution in [0.3, 0.4) is 0 Å². The molecule has 1 aromatic heterocycles. The van der Waals surface area contributed by atoms with Crippen LogP contribution in [-0.4, -0.2) is 13.0 Å². The van der Waals surface area contributed by atoms with Crippen molar-refractivity contribution in [3.63, 3.8) is 0 Å². The zero-order valence-corrected chi connectivity index (χ0v) is 13.1. The van der Waals surface area contributed by atoms with Gasteiger partial charge in [0, 0.05) is 26.0 Å². The summed E-state index contributed by atoms with van der Waals surface area (Å²) < 4.78 is 29.5. The molecule has 2 aromatic rings. The quantitative estimate of drug-likeness (QED) is 0.941. The fourth-order valence-electron chi connectivity index (χ4n) is 2.51. The lowest BCUT2D eigenvalue weighted by Gasteiger charge is -2.12. The maximum absolute atomic E-state index is 12.4. The standard InChI is InChI=1S/C15H20N2O2S/c1-11-7-12(2)15(13(3)8-11)20(18,19)16-9-14-5-6-17(4)10-14/h5-8,10,16H,9H2,1-4H3. The van der Waals surface area contributed by atoms with Crippen molar-refractivity contribution >= 4 is 10.0 Å². The van der Waals surface area contributed by atoms with E-state index in [4.69, 9.17) is 0 Å². The number of rotatable bonds is 4. The van der Waals surface area contributed by atoms with Gasteiger partial charge in [-0.1, -0.05) is 17.7 Å². The number of aromatic nitrogens is 1. The molecular weight excluding hydrogens is 272 g/mol. The van der Waals surface area contributed by atoms with Crippen LogP contribution in [0.15, 0.2) is 35.5 Å². The number of aryl methyl sites for hydroxylation is 4. The first-order chi connectivity index (χ1) is 9.29. The predicted octanol–water partition coefficient (Wildman–Crippen LogP) is 2.43. The van der Waals surface area contributed by atoms with Crippen molar-refractivity contribution in [1.82, 2.24) is 9.29 Å². The summed E-state index contributed by atoms with van der Waals surface area (Å²) in [6, 6.07) is 5.69. The molecule has 20 heavy (non-hydrogen) atoms. The van der Waals surface area contributed by atoms with E-state index in [1.165, 1.54) is 0 Å². The van der Waals surface area contributed by atoms with E-state index < -0.39 is 10.0 Å². The molecule has 0 radical (unpaired) electrons. The zero-order valence-electron chi connectivity index (χ0n) is 12.3. The third-order valence-electron chi connectivity index (χ3n) is 3.23. The summed E-state index contributed by atoms with van der Waals surface area (Å²) in [5.41, 5.74) is 3.58. The normalized spacial score (nSPS) is 11.8. The topological polar surface area (TPSA) is 51.1 Å². The lowest BCUT2D eigenvalue weighted by molar-refractivity contribution is 0.580. The van der Waals surface area contributed by atoms with Crippen LogP contribution < -0.4 is 4.72 Å². The van der Waals surface area contributed by atoms with Crippen molar-refractivity contribution in [3.05, 3.63) is 52.8 Å². The first-order valence-electron chi connectivity index (χ1n) is 6.48. The average Bonchev–Trinajstić information content (AvgIpc) is 2.71. The summed E-state index contributed by atoms with van der Waals surface area (Å²) in [6.07, 6.45) is 3.80. The fraction of sp³-hybridized carbons (Fsp3) is 0.333. The summed E-state index contributed by atoms with van der Waals surface area (Å²) in [5, 5.41) is 0. The molecule has 2 rings (SSSR count). The molecule has 0 saturated carbocycles. The Morgan fingerprint density at radius 1 is 1.15 bits per heavy atom. The van der Waals surface area contributed by atoms with E-state index in [1.54, 1.807) is 0 Å². The maximum atomic E-state index is 12.4. The molecule has 1 heterocycles. The lowest BCUT2D eigenvalue weighted by Crippen LogP contribution is -2.24. The summed E-state index contributed by atoms with van der Waals surface area (Å²) >= 11 is 0. The van der Waals surface area contributed by atoms with E-state index in [9.17, 15) is 8.42 Å². The molecule has 0 amide bonds. The highest BCUT2D eigenvalue weighted by molar-refractivity contribution is 7.89. The van der Waals surface area contributed by atoms with E-state index >= 15 is 0 Å². The Kier molecular flexibility index (Phi) is 4.01. The maximum Gasteiger partial charge on any atom is 0.241 e. The van der Waals surface area contributed by atoms with Gasteiger partial charge in [0.2, 0.25) is 10.0 Å². The van der Waals surface area contributed by atoms with Crippen molar-refractivity contribution in [1.29, 1.82) is 0 Å². The van der Waals surface area contributed by atoms with Gasteiger partial charge in [-0.2, -0.15) is 0 Å². The smallest absolute Gasteiger partial charge is 0.241 e. The van der Waals surface area contributed by atoms with Gasteiger partial charge in [-0.3, -0.25) is 0 Å². The van der Waals surface area contributed by atoms with Crippen molar-refractivity contribution in [2.45, 2.75) is 32.2 Å². The van der Waals surface area contributed by atoms with E-state index in [2.05, 4.69) is 4.72 Å². The van der Waals surface area contributed by atoms with Gasteiger partial charge >= 0.3 is 0 Å². The summed E-state index contributed by atoms with van der Waals surface area (Å²) in [7, 11) is -1.58. The molecule has 0 aliphatic rings. The molecule has 4 nitrogen and oxygen atoms in total. The van der Waals surface area contributed by atoms with E-state index in [-0.39, 0.29) is 0 Å². The van der Waals surface area contributed by atoms with Crippen LogP contribution in [-0.2, 0) is 23.6 Å². The fourth-order valence-corrected chi connectivity index (χ4v) is 3.97. The Morgan fingerprint density at radius 2 is 1.75 bits per heavy atom. The highest BCUT2D eigenvalue weighted by Crippen LogP contribution is 2.21. The van der Waals surface area contributed by atoms with E-state index in [0.717, 1.165) is 22.3 Å². The average molecular weight is 292 g/mol. The number of sulfonamides is 1. The molecule has 1 aromatic carbocycles. The third kappa shape index (κ3) is 3.11. The molecule has 5 heteroatoms. The molecule has 0 aliphatic carbocycles. The monoisotopic (exact) mass is 292 g/mol. The Morgan fingerprint density at radius 3 is 2.25 bits per heavy atom. The van der Waals surface area contributed by atoms with Gasteiger partial charge in [-0.25, -0.2) is 13.1 Å². The summed E-state index contributed by atoms with van der Waals surface area (Å²) in [4.78, 5) is 0.388. The molecule has 1 N–H and O–H groups in total. The van der Waals surface area contributed by atoms with Gasteiger partial charge in [-0.15, -0.1) is 0 Å². The van der Waals surface area contributed by atoms with Crippen LogP contribution in [0.5, 0.6) is 0 Å². The van der Waals surface area contributed by atoms with Crippen molar-refractivity contribution < 1.29 is 8.42 Å². The Hall–Kier alpha value is -1.59. The van der Waals surface area contributed by atoms with Gasteiger partial charge in [-0.05, 0) is 43.5 Å². The highest BCUT2D eigenvalue weighted by Gasteiger charge is 2.19. The van der Waals surface area contributed by atoms with Gasteiger partial charge < -0.3 is 4.57 Å². The molecule has 0 bridgehead atoms. The zero-order chi connectivity index (χ0) is 14.9. The molecule has 0 fully saturated rings. The number of nitrogens with zero attached hydrogens (tertiary/aromatic N) is 1. The van der Waals surface area contributed by atoms with Crippen LogP contribution in [0, 0.1) is 20.8 Å². The second-order valence-corrected chi connectivity index (χ2v) is 6.94. The van der Waals surface area contributed by atoms with E-state index in [0.29, 0.717) is 11.4 Å². The van der Waals surface area contributed by atoms with Gasteiger partial charge in [0.1, 0.15) is 0 Å². The SMILES string of the molecule is Cc1cc(C)c(S(=O)(=O)NCc2ccn(C)c2)c(C)c1. The van der Waals surface area contributed by atoms with Gasteiger partial charge in [0.15, 0.2) is 0 Å². The second-order valence-electron chi connectivity index (χ2n) is 5.24. The van der Waals surface area contributed by atoms with Crippen LogP contribution in [0.4, 0.5) is 0 Å². The molecular formula is C15H20N2O2S. The minimum absolute atomic E-state index is 0.302. The molecule has 0 unspecified atom stereocenters. The molecule has 108 valence electrons. The van der Waals surface area contributed by atoms with Gasteiger partial charge in [0.05, 0.1) is 4.90 Å². The largest absolute Gasteiger partial charge is 0.357 e. The molecule has 0 aliphatic heterocycles. The molecule has 0 spiro atoms. The number of nitrogens with one attached hydrogen (secondary N) is 1. The Bertz CT molecular complexity index is 707. The first kappa shape index (κ1) is 14.8. The molecule has 0 atom stereocenters. The van der Waals surface area contributed by atoms with E-state index in [1.807, 2.05) is 63.0 Å². The molecule has 0 saturated heterocycles. The lowest BCUT2D eigenvalue weighted by atomic mass is 10.1. The first-order valence-corrected chi connectivity index (χ1v) is 7.96. The minimum Gasteiger partial charge on any atom is -0.357 e. The van der Waals surface area contributed by atoms with Crippen LogP contribution in [0.1, 0.15) is 22.3 Å². The van der Waals surface area contributed by atoms with Crippen molar-refractivity contribution in [2.75, 3.05) is 0 Å². The number of benzene rings is 1. The number of hydrogen-bond acceptors (Lipinski definition) is 2. The highest BCUT2D eigenvalue weighted by atomic mass is 32.2. The van der Waals surface area contributed by atoms with Gasteiger partial charge in [0.25, 0.3) is 0 Å². The van der Waals surface area contributed by atoms with Crippen molar-refractivity contribution in [3.8, 4) is 0 Å².